The Balaban J connectivity index is 1.92. The number of hydrogen-bond donors (Lipinski definition) is 1. The van der Waals surface area contributed by atoms with Gasteiger partial charge in [-0.15, -0.1) is 0 Å². The van der Waals surface area contributed by atoms with Crippen LogP contribution in [0.3, 0.4) is 0 Å². The smallest absolute Gasteiger partial charge is 0.354 e. The normalized spacial score (nSPS) is 14.2. The lowest BCUT2D eigenvalue weighted by molar-refractivity contribution is 0.0251. The molecule has 1 saturated carbocycles. The van der Waals surface area contributed by atoms with Gasteiger partial charge in [0.2, 0.25) is 0 Å². The Bertz CT molecular complexity index is 1020. The highest BCUT2D eigenvalue weighted by molar-refractivity contribution is 5.94. The summed E-state index contributed by atoms with van der Waals surface area (Å²) in [7, 11) is 3.17. The summed E-state index contributed by atoms with van der Waals surface area (Å²) in [6.07, 6.45) is 2.85. The minimum Gasteiger partial charge on any atom is -0.485 e. The van der Waals surface area contributed by atoms with E-state index in [-0.39, 0.29) is 11.8 Å². The molecule has 30 heavy (non-hydrogen) atoms. The molecule has 2 aromatic heterocycles. The minimum absolute atomic E-state index is 0.0941. The molecule has 0 saturated heterocycles. The van der Waals surface area contributed by atoms with Crippen LogP contribution in [0, 0.1) is 0 Å². The number of methoxy groups -OCH3 is 2. The van der Waals surface area contributed by atoms with Gasteiger partial charge in [0.05, 0.1) is 30.0 Å². The fourth-order valence-electron chi connectivity index (χ4n) is 3.69. The van der Waals surface area contributed by atoms with Gasteiger partial charge in [-0.2, -0.15) is 5.10 Å². The number of nitrogens with zero attached hydrogens (tertiary/aromatic N) is 3. The maximum Gasteiger partial charge on any atom is 0.354 e. The number of hydrogen-bond acceptors (Lipinski definition) is 6. The molecule has 1 fully saturated rings. The summed E-state index contributed by atoms with van der Waals surface area (Å²) in [6.45, 7) is 0.622. The van der Waals surface area contributed by atoms with Crippen molar-refractivity contribution in [2.75, 3.05) is 27.4 Å². The second kappa shape index (κ2) is 8.81. The Morgan fingerprint density at radius 3 is 2.47 bits per heavy atom. The van der Waals surface area contributed by atoms with E-state index in [1.54, 1.807) is 18.9 Å². The van der Waals surface area contributed by atoms with Gasteiger partial charge in [0, 0.05) is 26.2 Å². The van der Waals surface area contributed by atoms with E-state index >= 15 is 0 Å². The van der Waals surface area contributed by atoms with E-state index in [0.29, 0.717) is 30.5 Å². The van der Waals surface area contributed by atoms with Crippen molar-refractivity contribution in [2.45, 2.75) is 31.3 Å². The number of rotatable bonds is 9. The summed E-state index contributed by atoms with van der Waals surface area (Å²) in [4.78, 5) is 16.2. The molecule has 0 bridgehead atoms. The molecule has 2 heterocycles. The summed E-state index contributed by atoms with van der Waals surface area (Å²) in [6, 6.07) is 11.1. The topological polar surface area (TPSA) is 95.7 Å². The molecule has 0 spiro atoms. The second-order valence-electron chi connectivity index (χ2n) is 7.42. The number of fused-ring (bicyclic) bond motifs is 1. The molecule has 8 heteroatoms. The summed E-state index contributed by atoms with van der Waals surface area (Å²) in [5.74, 6) is -0.371. The zero-order valence-corrected chi connectivity index (χ0v) is 17.1. The lowest BCUT2D eigenvalue weighted by Gasteiger charge is -2.24. The van der Waals surface area contributed by atoms with Crippen LogP contribution >= 0.6 is 0 Å². The molecule has 1 N–H and O–H groups in total. The van der Waals surface area contributed by atoms with Crippen LogP contribution in [-0.4, -0.2) is 59.4 Å². The van der Waals surface area contributed by atoms with Gasteiger partial charge >= 0.3 is 5.97 Å². The van der Waals surface area contributed by atoms with Gasteiger partial charge in [0.15, 0.2) is 11.3 Å². The Labute approximate surface area is 174 Å². The predicted molar refractivity (Wildman–Crippen MR) is 111 cm³/mol. The molecular weight excluding hydrogens is 386 g/mol. The van der Waals surface area contributed by atoms with E-state index < -0.39 is 5.97 Å². The van der Waals surface area contributed by atoms with Gasteiger partial charge < -0.3 is 19.3 Å². The quantitative estimate of drug-likeness (QED) is 0.576. The fourth-order valence-corrected chi connectivity index (χ4v) is 3.69. The van der Waals surface area contributed by atoms with Crippen LogP contribution in [0.5, 0.6) is 5.75 Å². The average molecular weight is 411 g/mol. The fraction of sp³-hybridized carbons (Fsp3) is 0.409. The molecule has 4 rings (SSSR count). The number of benzene rings is 1. The van der Waals surface area contributed by atoms with Crippen molar-refractivity contribution >= 4 is 17.0 Å². The zero-order valence-electron chi connectivity index (χ0n) is 17.1. The maximum atomic E-state index is 11.8. The predicted octanol–water partition coefficient (Wildman–Crippen LogP) is 3.43. The van der Waals surface area contributed by atoms with Gasteiger partial charge in [-0.3, -0.25) is 0 Å². The average Bonchev–Trinajstić information content (AvgIpc) is 3.07. The van der Waals surface area contributed by atoms with Crippen LogP contribution in [0.25, 0.3) is 16.7 Å². The molecule has 3 aromatic rings. The van der Waals surface area contributed by atoms with Gasteiger partial charge in [-0.25, -0.2) is 14.5 Å². The lowest BCUT2D eigenvalue weighted by atomic mass is 9.82. The van der Waals surface area contributed by atoms with Crippen LogP contribution in [0.2, 0.25) is 0 Å². The number of carbonyl (C=O) groups is 1. The molecule has 1 aromatic carbocycles. The van der Waals surface area contributed by atoms with Crippen molar-refractivity contribution in [3.05, 3.63) is 47.8 Å². The van der Waals surface area contributed by atoms with Gasteiger partial charge in [0.1, 0.15) is 11.9 Å². The zero-order chi connectivity index (χ0) is 21.1. The highest BCUT2D eigenvalue weighted by Gasteiger charge is 2.30. The number of carboxylic acids is 1. The molecule has 1 aliphatic rings. The summed E-state index contributed by atoms with van der Waals surface area (Å²) < 4.78 is 18.4. The van der Waals surface area contributed by atoms with E-state index in [0.717, 1.165) is 36.0 Å². The number of aromatic nitrogens is 3. The molecular formula is C22H25N3O5. The van der Waals surface area contributed by atoms with Crippen molar-refractivity contribution in [3.8, 4) is 11.4 Å². The van der Waals surface area contributed by atoms with E-state index in [1.165, 1.54) is 6.07 Å². The summed E-state index contributed by atoms with van der Waals surface area (Å²) >= 11 is 0. The van der Waals surface area contributed by atoms with Crippen molar-refractivity contribution in [2.24, 2.45) is 0 Å². The first-order valence-corrected chi connectivity index (χ1v) is 9.99. The molecule has 1 aliphatic carbocycles. The van der Waals surface area contributed by atoms with E-state index in [2.05, 4.69) is 4.98 Å². The molecule has 0 radical (unpaired) electrons. The van der Waals surface area contributed by atoms with Crippen LogP contribution in [-0.2, 0) is 9.47 Å². The van der Waals surface area contributed by atoms with E-state index in [4.69, 9.17) is 19.3 Å². The van der Waals surface area contributed by atoms with Crippen LogP contribution in [0.4, 0.5) is 0 Å². The van der Waals surface area contributed by atoms with Crippen LogP contribution in [0.15, 0.2) is 36.4 Å². The van der Waals surface area contributed by atoms with Gasteiger partial charge in [-0.05, 0) is 25.0 Å². The number of para-hydroxylation sites is 1. The van der Waals surface area contributed by atoms with Crippen molar-refractivity contribution < 1.29 is 24.1 Å². The minimum atomic E-state index is -1.12. The third-order valence-corrected chi connectivity index (χ3v) is 5.34. The first-order valence-electron chi connectivity index (χ1n) is 9.99. The van der Waals surface area contributed by atoms with E-state index in [9.17, 15) is 9.90 Å². The third kappa shape index (κ3) is 3.88. The molecule has 0 amide bonds. The number of pyridine rings is 1. The first-order chi connectivity index (χ1) is 14.6. The SMILES string of the molecule is COCC(COC)Oc1cc(C(=O)O)nc2c1c(C1CCC1)nn2-c1ccccc1. The summed E-state index contributed by atoms with van der Waals surface area (Å²) in [5.41, 5.74) is 2.10. The monoisotopic (exact) mass is 411 g/mol. The van der Waals surface area contributed by atoms with Crippen LogP contribution in [0.1, 0.15) is 41.4 Å². The second-order valence-corrected chi connectivity index (χ2v) is 7.42. The Hall–Kier alpha value is -2.97. The molecule has 8 nitrogen and oxygen atoms in total. The highest BCUT2D eigenvalue weighted by Crippen LogP contribution is 2.42. The van der Waals surface area contributed by atoms with Crippen LogP contribution < -0.4 is 4.74 Å². The largest absolute Gasteiger partial charge is 0.485 e. The van der Waals surface area contributed by atoms with Crippen molar-refractivity contribution in [3.63, 3.8) is 0 Å². The van der Waals surface area contributed by atoms with Crippen molar-refractivity contribution in [1.82, 2.24) is 14.8 Å². The number of carboxylic acid groups (broad SMARTS) is 1. The number of aromatic carboxylic acids is 1. The lowest BCUT2D eigenvalue weighted by Crippen LogP contribution is -2.28. The maximum absolute atomic E-state index is 11.8. The summed E-state index contributed by atoms with van der Waals surface area (Å²) in [5, 5.41) is 15.3. The van der Waals surface area contributed by atoms with Gasteiger partial charge in [-0.1, -0.05) is 24.6 Å². The standard InChI is InChI=1S/C22H25N3O5/c1-28-12-16(13-29-2)30-18-11-17(22(26)27)23-21-19(18)20(14-7-6-8-14)24-25(21)15-9-4-3-5-10-15/h3-5,9-11,14,16H,6-8,12-13H2,1-2H3,(H,26,27). The molecule has 0 atom stereocenters. The molecule has 0 aliphatic heterocycles. The molecule has 0 unspecified atom stereocenters. The van der Waals surface area contributed by atoms with E-state index in [1.807, 2.05) is 30.3 Å². The first kappa shape index (κ1) is 20.3. The van der Waals surface area contributed by atoms with Gasteiger partial charge in [0.25, 0.3) is 0 Å². The highest BCUT2D eigenvalue weighted by atomic mass is 16.6. The Morgan fingerprint density at radius 2 is 1.90 bits per heavy atom. The van der Waals surface area contributed by atoms with Crippen molar-refractivity contribution in [1.29, 1.82) is 0 Å². The Kier molecular flexibility index (Phi) is 5.96. The third-order valence-electron chi connectivity index (χ3n) is 5.34. The molecule has 158 valence electrons. The number of ether oxygens (including phenoxy) is 3. The Morgan fingerprint density at radius 1 is 1.20 bits per heavy atom.